The Balaban J connectivity index is 1.23. The number of carboxylic acids is 1. The van der Waals surface area contributed by atoms with Gasteiger partial charge in [-0.05, 0) is 56.5 Å². The highest BCUT2D eigenvalue weighted by atomic mass is 32.2. The molecule has 13 heteroatoms. The summed E-state index contributed by atoms with van der Waals surface area (Å²) in [5.74, 6) is -2.68. The van der Waals surface area contributed by atoms with Crippen molar-refractivity contribution in [2.45, 2.75) is 43.5 Å². The summed E-state index contributed by atoms with van der Waals surface area (Å²) in [6.07, 6.45) is 5.72. The first-order valence-electron chi connectivity index (χ1n) is 14.7. The molecule has 3 heterocycles. The standard InChI is InChI=1S/C31H36FN7O4S/c1-37-14-16-38(17-15-37)22-7-9-23(10-8-22)39-27-12-13-34-30(33)28(27)29(35-39)20-6-11-26(25(32)18-20)36-44(42,43)19-21-4-2-3-5-24(21)31(40)41/h2-6,11-13,18,22-23,36H,7-10,14-17,19H2,1H3,(H2,33,34)(H,40,41)/p-1. The average molecular weight is 621 g/mol. The summed E-state index contributed by atoms with van der Waals surface area (Å²) >= 11 is 0. The van der Waals surface area contributed by atoms with Crippen LogP contribution in [-0.2, 0) is 15.8 Å². The molecule has 1 aliphatic heterocycles. The van der Waals surface area contributed by atoms with Crippen molar-refractivity contribution in [3.8, 4) is 11.3 Å². The molecule has 0 unspecified atom stereocenters. The molecule has 0 atom stereocenters. The third-order valence-corrected chi connectivity index (χ3v) is 10.0. The number of carboxylic acid groups (broad SMARTS) is 1. The predicted molar refractivity (Wildman–Crippen MR) is 165 cm³/mol. The number of piperazine rings is 1. The molecule has 2 aromatic heterocycles. The molecule has 2 aromatic carbocycles. The number of aromatic nitrogens is 3. The number of carbonyl (C=O) groups excluding carboxylic acids is 1. The molecule has 6 rings (SSSR count). The van der Waals surface area contributed by atoms with Crippen molar-refractivity contribution in [3.05, 3.63) is 71.7 Å². The van der Waals surface area contributed by atoms with Crippen molar-refractivity contribution < 1.29 is 22.7 Å². The van der Waals surface area contributed by atoms with Crippen LogP contribution in [0.5, 0.6) is 0 Å². The van der Waals surface area contributed by atoms with E-state index in [9.17, 15) is 18.3 Å². The molecule has 0 amide bonds. The van der Waals surface area contributed by atoms with Crippen molar-refractivity contribution in [2.24, 2.45) is 0 Å². The maximum absolute atomic E-state index is 15.4. The quantitative estimate of drug-likeness (QED) is 0.303. The summed E-state index contributed by atoms with van der Waals surface area (Å²) in [7, 11) is -1.99. The molecule has 4 aromatic rings. The molecular formula is C31H35FN7O4S-. The number of rotatable bonds is 8. The van der Waals surface area contributed by atoms with Crippen LogP contribution < -0.4 is 15.6 Å². The lowest BCUT2D eigenvalue weighted by molar-refractivity contribution is -0.255. The van der Waals surface area contributed by atoms with Gasteiger partial charge in [-0.15, -0.1) is 0 Å². The van der Waals surface area contributed by atoms with Crippen LogP contribution in [0.4, 0.5) is 15.9 Å². The molecule has 11 nitrogen and oxygen atoms in total. The summed E-state index contributed by atoms with van der Waals surface area (Å²) in [5.41, 5.74) is 7.58. The first-order chi connectivity index (χ1) is 21.1. The lowest BCUT2D eigenvalue weighted by Crippen LogP contribution is -2.49. The lowest BCUT2D eigenvalue weighted by atomic mass is 9.89. The zero-order valence-corrected chi connectivity index (χ0v) is 25.3. The monoisotopic (exact) mass is 620 g/mol. The second kappa shape index (κ2) is 12.1. The third-order valence-electron chi connectivity index (χ3n) is 8.81. The Hall–Kier alpha value is -4.07. The van der Waals surface area contributed by atoms with Crippen LogP contribution in [0.25, 0.3) is 22.2 Å². The average Bonchev–Trinajstić information content (AvgIpc) is 3.40. The van der Waals surface area contributed by atoms with E-state index in [-0.39, 0.29) is 28.7 Å². The summed E-state index contributed by atoms with van der Waals surface area (Å²) in [5, 5.41) is 16.9. The topological polar surface area (TPSA) is 150 Å². The summed E-state index contributed by atoms with van der Waals surface area (Å²) in [6.45, 7) is 4.36. The Morgan fingerprint density at radius 1 is 1.05 bits per heavy atom. The van der Waals surface area contributed by atoms with Gasteiger partial charge in [0, 0.05) is 49.5 Å². The van der Waals surface area contributed by atoms with Gasteiger partial charge in [0.25, 0.3) is 0 Å². The van der Waals surface area contributed by atoms with Gasteiger partial charge in [0.2, 0.25) is 10.0 Å². The van der Waals surface area contributed by atoms with Crippen LogP contribution in [0.1, 0.15) is 47.6 Å². The summed E-state index contributed by atoms with van der Waals surface area (Å²) < 4.78 is 45.3. The number of fused-ring (bicyclic) bond motifs is 1. The Morgan fingerprint density at radius 3 is 2.45 bits per heavy atom. The molecule has 232 valence electrons. The van der Waals surface area contributed by atoms with Gasteiger partial charge >= 0.3 is 0 Å². The van der Waals surface area contributed by atoms with E-state index in [0.717, 1.165) is 57.4 Å². The van der Waals surface area contributed by atoms with E-state index >= 15 is 4.39 Å². The van der Waals surface area contributed by atoms with Crippen molar-refractivity contribution in [1.82, 2.24) is 24.6 Å². The number of nitrogen functional groups attached to an aromatic ring is 1. The van der Waals surface area contributed by atoms with Crippen molar-refractivity contribution in [3.63, 3.8) is 0 Å². The number of nitrogens with zero attached hydrogens (tertiary/aromatic N) is 5. The molecule has 2 fully saturated rings. The smallest absolute Gasteiger partial charge is 0.237 e. The van der Waals surface area contributed by atoms with Gasteiger partial charge < -0.3 is 20.5 Å². The third kappa shape index (κ3) is 6.12. The number of aromatic carboxylic acids is 1. The maximum Gasteiger partial charge on any atom is 0.237 e. The first kappa shape index (κ1) is 30.0. The highest BCUT2D eigenvalue weighted by molar-refractivity contribution is 7.91. The number of benzene rings is 2. The molecule has 2 aliphatic rings. The largest absolute Gasteiger partial charge is 0.545 e. The van der Waals surface area contributed by atoms with E-state index in [2.05, 4.69) is 26.6 Å². The minimum Gasteiger partial charge on any atom is -0.545 e. The lowest BCUT2D eigenvalue weighted by Gasteiger charge is -2.41. The fraction of sp³-hybridized carbons (Fsp3) is 0.387. The molecular weight excluding hydrogens is 585 g/mol. The van der Waals surface area contributed by atoms with Crippen LogP contribution in [0.2, 0.25) is 0 Å². The van der Waals surface area contributed by atoms with Gasteiger partial charge in [0.15, 0.2) is 0 Å². The molecule has 1 saturated carbocycles. The summed E-state index contributed by atoms with van der Waals surface area (Å²) in [6, 6.07) is 12.4. The Kier molecular flexibility index (Phi) is 8.27. The van der Waals surface area contributed by atoms with Crippen LogP contribution >= 0.6 is 0 Å². The van der Waals surface area contributed by atoms with Crippen LogP contribution in [0, 0.1) is 5.82 Å². The summed E-state index contributed by atoms with van der Waals surface area (Å²) in [4.78, 5) is 20.6. The van der Waals surface area contributed by atoms with Crippen LogP contribution in [-0.4, -0.2) is 78.2 Å². The number of nitrogens with one attached hydrogen (secondary N) is 1. The van der Waals surface area contributed by atoms with Gasteiger partial charge in [-0.3, -0.25) is 14.3 Å². The van der Waals surface area contributed by atoms with E-state index in [1.54, 1.807) is 12.3 Å². The van der Waals surface area contributed by atoms with Gasteiger partial charge in [-0.1, -0.05) is 30.3 Å². The number of hydrogen-bond acceptors (Lipinski definition) is 9. The Labute approximate surface area is 255 Å². The number of nitrogens with two attached hydrogens (primary N) is 1. The Bertz CT molecular complexity index is 1800. The van der Waals surface area contributed by atoms with Gasteiger partial charge in [-0.2, -0.15) is 5.10 Å². The molecule has 3 N–H and O–H groups in total. The Morgan fingerprint density at radius 2 is 1.75 bits per heavy atom. The van der Waals surface area contributed by atoms with E-state index in [0.29, 0.717) is 22.7 Å². The number of pyridine rings is 1. The molecule has 0 radical (unpaired) electrons. The molecule has 0 bridgehead atoms. The minimum absolute atomic E-state index is 0.0366. The molecule has 44 heavy (non-hydrogen) atoms. The zero-order chi connectivity index (χ0) is 31.0. The van der Waals surface area contributed by atoms with E-state index in [1.165, 1.54) is 36.4 Å². The number of halogens is 1. The number of hydrogen-bond donors (Lipinski definition) is 2. The second-order valence-electron chi connectivity index (χ2n) is 11.7. The molecule has 0 spiro atoms. The highest BCUT2D eigenvalue weighted by Gasteiger charge is 2.30. The van der Waals surface area contributed by atoms with Crippen molar-refractivity contribution in [2.75, 3.05) is 43.7 Å². The fourth-order valence-corrected chi connectivity index (χ4v) is 7.68. The van der Waals surface area contributed by atoms with Gasteiger partial charge in [0.1, 0.15) is 17.3 Å². The molecule has 1 saturated heterocycles. The van der Waals surface area contributed by atoms with Crippen molar-refractivity contribution >= 4 is 38.4 Å². The highest BCUT2D eigenvalue weighted by Crippen LogP contribution is 2.38. The first-order valence-corrected chi connectivity index (χ1v) is 16.4. The normalized spacial score (nSPS) is 20.1. The van der Waals surface area contributed by atoms with Crippen LogP contribution in [0.3, 0.4) is 0 Å². The zero-order valence-electron chi connectivity index (χ0n) is 24.4. The minimum atomic E-state index is -4.15. The van der Waals surface area contributed by atoms with Crippen LogP contribution in [0.15, 0.2) is 54.7 Å². The number of anilines is 2. The number of sulfonamides is 1. The van der Waals surface area contributed by atoms with E-state index in [4.69, 9.17) is 10.8 Å². The number of likely N-dealkylation sites (N-methyl/N-ethyl adjacent to an activating group) is 1. The second-order valence-corrected chi connectivity index (χ2v) is 13.4. The maximum atomic E-state index is 15.4. The molecule has 1 aliphatic carbocycles. The van der Waals surface area contributed by atoms with Crippen molar-refractivity contribution in [1.29, 1.82) is 0 Å². The number of carbonyl (C=O) groups is 1. The van der Waals surface area contributed by atoms with Gasteiger partial charge in [0.05, 0.1) is 34.4 Å². The van der Waals surface area contributed by atoms with E-state index in [1.807, 2.05) is 10.7 Å². The van der Waals surface area contributed by atoms with E-state index < -0.39 is 27.6 Å². The van der Waals surface area contributed by atoms with Gasteiger partial charge in [-0.25, -0.2) is 17.8 Å². The predicted octanol–water partition coefficient (Wildman–Crippen LogP) is 2.86. The fourth-order valence-electron chi connectivity index (χ4n) is 6.45. The SMILES string of the molecule is CN1CCN(C2CCC(n3nc(-c4ccc(NS(=O)(=O)Cc5ccccc5C(=O)[O-])c(F)c4)c4c(N)nccc43)CC2)CC1.